The minimum absolute atomic E-state index is 0.153. The zero-order valence-electron chi connectivity index (χ0n) is 4.94. The predicted molar refractivity (Wildman–Crippen MR) is 31.3 cm³/mol. The molecule has 0 amide bonds. The number of alkyl halides is 1. The normalized spacial score (nSPS) is 38.2. The van der Waals surface area contributed by atoms with Crippen LogP contribution >= 0.6 is 0 Å². The highest BCUT2D eigenvalue weighted by Gasteiger charge is 2.22. The molecule has 0 spiro atoms. The van der Waals surface area contributed by atoms with Crippen LogP contribution in [-0.2, 0) is 0 Å². The van der Waals surface area contributed by atoms with E-state index in [9.17, 15) is 4.39 Å². The van der Waals surface area contributed by atoms with E-state index in [-0.39, 0.29) is 18.6 Å². The van der Waals surface area contributed by atoms with Gasteiger partial charge in [0.1, 0.15) is 0 Å². The Labute approximate surface area is 49.1 Å². The summed E-state index contributed by atoms with van der Waals surface area (Å²) >= 11 is 0. The molecular formula is C6H12FN. The Hall–Kier alpha value is -0.110. The van der Waals surface area contributed by atoms with Crippen molar-refractivity contribution in [2.75, 3.05) is 6.67 Å². The van der Waals surface area contributed by atoms with Gasteiger partial charge in [0.15, 0.2) is 0 Å². The topological polar surface area (TPSA) is 26.0 Å². The maximum Gasteiger partial charge on any atom is 0.0937 e. The van der Waals surface area contributed by atoms with Crippen molar-refractivity contribution in [3.05, 3.63) is 0 Å². The Morgan fingerprint density at radius 2 is 2.25 bits per heavy atom. The molecule has 0 bridgehead atoms. The molecule has 2 unspecified atom stereocenters. The summed E-state index contributed by atoms with van der Waals surface area (Å²) in [7, 11) is 0. The van der Waals surface area contributed by atoms with Crippen molar-refractivity contribution in [2.24, 2.45) is 11.7 Å². The summed E-state index contributed by atoms with van der Waals surface area (Å²) in [5, 5.41) is 0. The van der Waals surface area contributed by atoms with Crippen LogP contribution in [0.2, 0.25) is 0 Å². The van der Waals surface area contributed by atoms with Crippen LogP contribution < -0.4 is 5.73 Å². The SMILES string of the molecule is NC1CCCC1CF. The van der Waals surface area contributed by atoms with E-state index in [1.165, 1.54) is 0 Å². The van der Waals surface area contributed by atoms with Crippen molar-refractivity contribution >= 4 is 0 Å². The average Bonchev–Trinajstić information content (AvgIpc) is 2.14. The van der Waals surface area contributed by atoms with Gasteiger partial charge in [-0.3, -0.25) is 4.39 Å². The summed E-state index contributed by atoms with van der Waals surface area (Å²) in [6, 6.07) is 0.153. The summed E-state index contributed by atoms with van der Waals surface area (Å²) in [4.78, 5) is 0. The fraction of sp³-hybridized carbons (Fsp3) is 1.00. The zero-order valence-corrected chi connectivity index (χ0v) is 4.94. The summed E-state index contributed by atoms with van der Waals surface area (Å²) in [5.41, 5.74) is 5.55. The fourth-order valence-electron chi connectivity index (χ4n) is 1.26. The first-order chi connectivity index (χ1) is 3.84. The number of hydrogen-bond acceptors (Lipinski definition) is 1. The second-order valence-corrected chi connectivity index (χ2v) is 2.51. The Kier molecular flexibility index (Phi) is 1.84. The molecule has 1 fully saturated rings. The van der Waals surface area contributed by atoms with Gasteiger partial charge in [-0.2, -0.15) is 0 Å². The smallest absolute Gasteiger partial charge is 0.0937 e. The molecule has 1 aliphatic carbocycles. The Balaban J connectivity index is 2.30. The average molecular weight is 117 g/mol. The Morgan fingerprint density at radius 3 is 2.50 bits per heavy atom. The molecule has 0 aromatic heterocycles. The van der Waals surface area contributed by atoms with Gasteiger partial charge in [0.05, 0.1) is 6.67 Å². The van der Waals surface area contributed by atoms with Gasteiger partial charge in [-0.25, -0.2) is 0 Å². The molecule has 0 saturated heterocycles. The maximum atomic E-state index is 11.9. The molecule has 2 atom stereocenters. The van der Waals surface area contributed by atoms with Crippen molar-refractivity contribution in [3.63, 3.8) is 0 Å². The van der Waals surface area contributed by atoms with Crippen LogP contribution in [0.3, 0.4) is 0 Å². The summed E-state index contributed by atoms with van der Waals surface area (Å²) in [6.07, 6.45) is 3.14. The van der Waals surface area contributed by atoms with Crippen LogP contribution in [0, 0.1) is 5.92 Å². The third-order valence-corrected chi connectivity index (χ3v) is 1.92. The van der Waals surface area contributed by atoms with Gasteiger partial charge >= 0.3 is 0 Å². The lowest BCUT2D eigenvalue weighted by molar-refractivity contribution is 0.342. The first-order valence-corrected chi connectivity index (χ1v) is 3.16. The van der Waals surface area contributed by atoms with E-state index in [0.717, 1.165) is 19.3 Å². The molecule has 1 saturated carbocycles. The number of hydrogen-bond donors (Lipinski definition) is 1. The molecule has 0 heterocycles. The van der Waals surface area contributed by atoms with Gasteiger partial charge in [0.2, 0.25) is 0 Å². The lowest BCUT2D eigenvalue weighted by Crippen LogP contribution is -2.25. The van der Waals surface area contributed by atoms with E-state index in [2.05, 4.69) is 0 Å². The maximum absolute atomic E-state index is 11.9. The van der Waals surface area contributed by atoms with Gasteiger partial charge in [0, 0.05) is 12.0 Å². The highest BCUT2D eigenvalue weighted by molar-refractivity contribution is 4.78. The number of nitrogens with two attached hydrogens (primary N) is 1. The first kappa shape index (κ1) is 6.02. The highest BCUT2D eigenvalue weighted by atomic mass is 19.1. The zero-order chi connectivity index (χ0) is 5.98. The van der Waals surface area contributed by atoms with Crippen LogP contribution in [0.5, 0.6) is 0 Å². The van der Waals surface area contributed by atoms with Crippen molar-refractivity contribution < 1.29 is 4.39 Å². The molecule has 1 aliphatic rings. The molecule has 2 N–H and O–H groups in total. The van der Waals surface area contributed by atoms with Gasteiger partial charge < -0.3 is 5.73 Å². The highest BCUT2D eigenvalue weighted by Crippen LogP contribution is 2.23. The van der Waals surface area contributed by atoms with Gasteiger partial charge in [-0.1, -0.05) is 6.42 Å². The van der Waals surface area contributed by atoms with Crippen molar-refractivity contribution in [3.8, 4) is 0 Å². The molecular weight excluding hydrogens is 105 g/mol. The Bertz CT molecular complexity index is 74.9. The van der Waals surface area contributed by atoms with Crippen LogP contribution in [0.15, 0.2) is 0 Å². The molecule has 1 nitrogen and oxygen atoms in total. The number of halogens is 1. The van der Waals surface area contributed by atoms with Gasteiger partial charge in [-0.05, 0) is 12.8 Å². The van der Waals surface area contributed by atoms with E-state index < -0.39 is 0 Å². The largest absolute Gasteiger partial charge is 0.327 e. The molecule has 2 heteroatoms. The lowest BCUT2D eigenvalue weighted by atomic mass is 10.1. The second-order valence-electron chi connectivity index (χ2n) is 2.51. The van der Waals surface area contributed by atoms with E-state index in [0.29, 0.717) is 0 Å². The molecule has 8 heavy (non-hydrogen) atoms. The standard InChI is InChI=1S/C6H12FN/c7-4-5-2-1-3-6(5)8/h5-6H,1-4,8H2. The summed E-state index contributed by atoms with van der Waals surface area (Å²) < 4.78 is 11.9. The van der Waals surface area contributed by atoms with Gasteiger partial charge in [0.25, 0.3) is 0 Å². The molecule has 0 aliphatic heterocycles. The monoisotopic (exact) mass is 117 g/mol. The minimum Gasteiger partial charge on any atom is -0.327 e. The second kappa shape index (κ2) is 2.44. The summed E-state index contributed by atoms with van der Waals surface area (Å²) in [6.45, 7) is -0.221. The number of rotatable bonds is 1. The van der Waals surface area contributed by atoms with Gasteiger partial charge in [-0.15, -0.1) is 0 Å². The van der Waals surface area contributed by atoms with Crippen LogP contribution in [0.25, 0.3) is 0 Å². The lowest BCUT2D eigenvalue weighted by Gasteiger charge is -2.08. The molecule has 0 aromatic carbocycles. The fourth-order valence-corrected chi connectivity index (χ4v) is 1.26. The van der Waals surface area contributed by atoms with E-state index in [1.54, 1.807) is 0 Å². The van der Waals surface area contributed by atoms with Crippen molar-refractivity contribution in [2.45, 2.75) is 25.3 Å². The third kappa shape index (κ3) is 0.996. The van der Waals surface area contributed by atoms with E-state index in [1.807, 2.05) is 0 Å². The van der Waals surface area contributed by atoms with E-state index in [4.69, 9.17) is 5.73 Å². The predicted octanol–water partition coefficient (Wildman–Crippen LogP) is 1.08. The molecule has 1 rings (SSSR count). The summed E-state index contributed by atoms with van der Waals surface area (Å²) in [5.74, 6) is 0.176. The molecule has 48 valence electrons. The van der Waals surface area contributed by atoms with Crippen LogP contribution in [-0.4, -0.2) is 12.7 Å². The molecule has 0 aromatic rings. The van der Waals surface area contributed by atoms with Crippen LogP contribution in [0.4, 0.5) is 4.39 Å². The quantitative estimate of drug-likeness (QED) is 0.546. The minimum atomic E-state index is -0.221. The first-order valence-electron chi connectivity index (χ1n) is 3.16. The van der Waals surface area contributed by atoms with Crippen LogP contribution in [0.1, 0.15) is 19.3 Å². The van der Waals surface area contributed by atoms with E-state index >= 15 is 0 Å². The van der Waals surface area contributed by atoms with Crippen molar-refractivity contribution in [1.29, 1.82) is 0 Å². The van der Waals surface area contributed by atoms with Crippen molar-refractivity contribution in [1.82, 2.24) is 0 Å². The Morgan fingerprint density at radius 1 is 1.50 bits per heavy atom. The third-order valence-electron chi connectivity index (χ3n) is 1.92. The molecule has 0 radical (unpaired) electrons.